The van der Waals surface area contributed by atoms with E-state index in [1.165, 1.54) is 37.8 Å². The van der Waals surface area contributed by atoms with E-state index >= 15 is 0 Å². The summed E-state index contributed by atoms with van der Waals surface area (Å²) in [5.74, 6) is 1.82. The number of aromatic nitrogens is 5. The molecule has 210 valence electrons. The lowest BCUT2D eigenvalue weighted by atomic mass is 10.1. The minimum atomic E-state index is 0.907. The van der Waals surface area contributed by atoms with Crippen molar-refractivity contribution >= 4 is 65.4 Å². The van der Waals surface area contributed by atoms with E-state index in [1.807, 2.05) is 36.7 Å². The van der Waals surface area contributed by atoms with E-state index in [1.54, 1.807) is 0 Å². The zero-order valence-electron chi connectivity index (χ0n) is 24.2. The molecule has 0 saturated heterocycles. The van der Waals surface area contributed by atoms with Gasteiger partial charge in [-0.25, -0.2) is 9.97 Å². The molecule has 0 saturated carbocycles. The third kappa shape index (κ3) is 3.38. The molecule has 45 heavy (non-hydrogen) atoms. The molecule has 0 N–H and O–H groups in total. The number of rotatable bonds is 3. The van der Waals surface area contributed by atoms with Crippen molar-refractivity contribution in [1.29, 1.82) is 0 Å². The summed E-state index contributed by atoms with van der Waals surface area (Å²) in [4.78, 5) is 9.52. The van der Waals surface area contributed by atoms with Crippen LogP contribution in [-0.4, -0.2) is 23.7 Å². The fourth-order valence-electron chi connectivity index (χ4n) is 7.27. The SMILES string of the molecule is c1ccc(-n2c3ccccc3c3ccc(-n4c5ccccc5c5cc6c7ccccc7n(-c7ccccn7)c6cc54)cc32)nc1. The Morgan fingerprint density at radius 2 is 0.756 bits per heavy atom. The number of hydrogen-bond donors (Lipinski definition) is 0. The Morgan fingerprint density at radius 1 is 0.311 bits per heavy atom. The molecule has 0 fully saturated rings. The average Bonchev–Trinajstić information content (AvgIpc) is 3.73. The Morgan fingerprint density at radius 3 is 1.31 bits per heavy atom. The van der Waals surface area contributed by atoms with Gasteiger partial charge >= 0.3 is 0 Å². The molecule has 0 aliphatic carbocycles. The summed E-state index contributed by atoms with van der Waals surface area (Å²) in [5.41, 5.74) is 7.99. The van der Waals surface area contributed by atoms with Crippen LogP contribution in [0.25, 0.3) is 82.7 Å². The van der Waals surface area contributed by atoms with Crippen LogP contribution in [0.1, 0.15) is 0 Å². The Bertz CT molecular complexity index is 2750. The minimum absolute atomic E-state index is 0.907. The Kier molecular flexibility index (Phi) is 4.93. The third-order valence-electron chi connectivity index (χ3n) is 9.14. The lowest BCUT2D eigenvalue weighted by Gasteiger charge is -2.11. The Balaban J connectivity index is 1.34. The van der Waals surface area contributed by atoms with E-state index in [4.69, 9.17) is 9.97 Å². The first kappa shape index (κ1) is 24.3. The second-order valence-electron chi connectivity index (χ2n) is 11.5. The smallest absolute Gasteiger partial charge is 0.137 e. The monoisotopic (exact) mass is 575 g/mol. The highest BCUT2D eigenvalue weighted by molar-refractivity contribution is 6.19. The van der Waals surface area contributed by atoms with Crippen molar-refractivity contribution in [1.82, 2.24) is 23.7 Å². The molecule has 0 aliphatic rings. The summed E-state index contributed by atoms with van der Waals surface area (Å²) in [5, 5.41) is 7.32. The quantitative estimate of drug-likeness (QED) is 0.210. The molecule has 5 heteroatoms. The summed E-state index contributed by atoms with van der Waals surface area (Å²) < 4.78 is 6.97. The molecule has 5 aromatic heterocycles. The first-order chi connectivity index (χ1) is 22.3. The fraction of sp³-hybridized carbons (Fsp3) is 0. The van der Waals surface area contributed by atoms with Crippen LogP contribution in [0.5, 0.6) is 0 Å². The molecule has 0 aliphatic heterocycles. The van der Waals surface area contributed by atoms with Crippen molar-refractivity contribution < 1.29 is 0 Å². The molecule has 0 unspecified atom stereocenters. The molecule has 5 heterocycles. The molecule has 10 aromatic rings. The van der Waals surface area contributed by atoms with E-state index in [0.29, 0.717) is 0 Å². The van der Waals surface area contributed by atoms with Gasteiger partial charge in [-0.2, -0.15) is 0 Å². The standard InChI is InChI=1S/C40H25N5/c1-5-15-34-27(11-1)30-20-19-26(23-36(30)44(34)39-17-7-9-21-41-39)43-33-14-4-2-12-28(33)31-24-32-29-13-3-6-16-35(29)45(38(32)25-37(31)43)40-18-8-10-22-42-40/h1-25H. The maximum atomic E-state index is 4.77. The second kappa shape index (κ2) is 9.15. The summed E-state index contributed by atoms with van der Waals surface area (Å²) in [6.07, 6.45) is 3.72. The largest absolute Gasteiger partial charge is 0.309 e. The van der Waals surface area contributed by atoms with Crippen molar-refractivity contribution in [2.45, 2.75) is 0 Å². The lowest BCUT2D eigenvalue weighted by Crippen LogP contribution is -1.99. The number of nitrogens with zero attached hydrogens (tertiary/aromatic N) is 5. The van der Waals surface area contributed by atoms with Crippen LogP contribution in [0, 0.1) is 0 Å². The molecule has 0 atom stereocenters. The number of fused-ring (bicyclic) bond motifs is 9. The number of para-hydroxylation sites is 3. The molecular formula is C40H25N5. The van der Waals surface area contributed by atoms with Gasteiger partial charge < -0.3 is 4.57 Å². The Labute approximate surface area is 257 Å². The van der Waals surface area contributed by atoms with Gasteiger partial charge in [-0.15, -0.1) is 0 Å². The summed E-state index contributed by atoms with van der Waals surface area (Å²) in [7, 11) is 0. The predicted molar refractivity (Wildman–Crippen MR) is 185 cm³/mol. The van der Waals surface area contributed by atoms with Crippen LogP contribution in [0.15, 0.2) is 152 Å². The maximum absolute atomic E-state index is 4.77. The highest BCUT2D eigenvalue weighted by atomic mass is 15.1. The van der Waals surface area contributed by atoms with Crippen LogP contribution in [0.3, 0.4) is 0 Å². The first-order valence-electron chi connectivity index (χ1n) is 15.2. The zero-order valence-corrected chi connectivity index (χ0v) is 24.2. The normalized spacial score (nSPS) is 12.0. The van der Waals surface area contributed by atoms with Gasteiger partial charge in [0.1, 0.15) is 11.6 Å². The van der Waals surface area contributed by atoms with E-state index in [-0.39, 0.29) is 0 Å². The zero-order chi connectivity index (χ0) is 29.5. The average molecular weight is 576 g/mol. The molecule has 0 radical (unpaired) electrons. The minimum Gasteiger partial charge on any atom is -0.309 e. The number of hydrogen-bond acceptors (Lipinski definition) is 2. The summed E-state index contributed by atoms with van der Waals surface area (Å²) in [6.45, 7) is 0. The highest BCUT2D eigenvalue weighted by Crippen LogP contribution is 2.40. The maximum Gasteiger partial charge on any atom is 0.137 e. The molecular weight excluding hydrogens is 550 g/mol. The topological polar surface area (TPSA) is 40.6 Å². The van der Waals surface area contributed by atoms with Crippen molar-refractivity contribution in [2.24, 2.45) is 0 Å². The van der Waals surface area contributed by atoms with Crippen molar-refractivity contribution in [3.63, 3.8) is 0 Å². The van der Waals surface area contributed by atoms with Gasteiger partial charge in [0, 0.05) is 50.4 Å². The summed E-state index contributed by atoms with van der Waals surface area (Å²) in [6, 6.07) is 49.7. The van der Waals surface area contributed by atoms with Gasteiger partial charge in [-0.3, -0.25) is 9.13 Å². The van der Waals surface area contributed by atoms with E-state index in [9.17, 15) is 0 Å². The van der Waals surface area contributed by atoms with Crippen LogP contribution in [0.2, 0.25) is 0 Å². The van der Waals surface area contributed by atoms with Gasteiger partial charge in [0.25, 0.3) is 0 Å². The van der Waals surface area contributed by atoms with Crippen molar-refractivity contribution in [3.8, 4) is 17.3 Å². The van der Waals surface area contributed by atoms with Crippen LogP contribution in [0.4, 0.5) is 0 Å². The van der Waals surface area contributed by atoms with Gasteiger partial charge in [-0.1, -0.05) is 72.8 Å². The fourth-order valence-corrected chi connectivity index (χ4v) is 7.27. The summed E-state index contributed by atoms with van der Waals surface area (Å²) >= 11 is 0. The van der Waals surface area contributed by atoms with E-state index in [0.717, 1.165) is 44.9 Å². The van der Waals surface area contributed by atoms with Gasteiger partial charge in [0.2, 0.25) is 0 Å². The molecule has 0 amide bonds. The number of benzene rings is 5. The van der Waals surface area contributed by atoms with Crippen LogP contribution in [-0.2, 0) is 0 Å². The van der Waals surface area contributed by atoms with Crippen LogP contribution < -0.4 is 0 Å². The van der Waals surface area contributed by atoms with Gasteiger partial charge in [-0.05, 0) is 66.7 Å². The molecule has 5 nitrogen and oxygen atoms in total. The van der Waals surface area contributed by atoms with Crippen LogP contribution >= 0.6 is 0 Å². The van der Waals surface area contributed by atoms with Crippen molar-refractivity contribution in [3.05, 3.63) is 152 Å². The van der Waals surface area contributed by atoms with E-state index < -0.39 is 0 Å². The first-order valence-corrected chi connectivity index (χ1v) is 15.2. The third-order valence-corrected chi connectivity index (χ3v) is 9.14. The molecule has 5 aromatic carbocycles. The number of pyridine rings is 2. The molecule has 10 rings (SSSR count). The van der Waals surface area contributed by atoms with Crippen molar-refractivity contribution in [2.75, 3.05) is 0 Å². The molecule has 0 bridgehead atoms. The predicted octanol–water partition coefficient (Wildman–Crippen LogP) is 9.77. The lowest BCUT2D eigenvalue weighted by molar-refractivity contribution is 1.08. The van der Waals surface area contributed by atoms with E-state index in [2.05, 4.69) is 129 Å². The second-order valence-corrected chi connectivity index (χ2v) is 11.5. The molecule has 0 spiro atoms. The van der Waals surface area contributed by atoms with Gasteiger partial charge in [0.05, 0.1) is 33.1 Å². The van der Waals surface area contributed by atoms with Gasteiger partial charge in [0.15, 0.2) is 0 Å². The highest BCUT2D eigenvalue weighted by Gasteiger charge is 2.20. The Hall–Kier alpha value is -6.20.